The minimum atomic E-state index is -0.409. The quantitative estimate of drug-likeness (QED) is 0.808. The molecule has 1 fully saturated rings. The molecular formula is C12H15ClN2O2. The molecule has 1 atom stereocenters. The molecule has 17 heavy (non-hydrogen) atoms. The number of halogens is 1. The molecule has 0 unspecified atom stereocenters. The van der Waals surface area contributed by atoms with Gasteiger partial charge in [0.15, 0.2) is 0 Å². The standard InChI is InChI=1S/C12H15ClN2O2/c1-8-3-2-4-10(13)11(8)14-12(17)15-6-5-9(16)7-15/h2-4,9,16H,5-7H2,1H3,(H,14,17)/t9-/m0/s1. The van der Waals surface area contributed by atoms with E-state index >= 15 is 0 Å². The summed E-state index contributed by atoms with van der Waals surface area (Å²) in [6, 6.07) is 5.26. The first kappa shape index (κ1) is 12.2. The third-order valence-corrected chi connectivity index (χ3v) is 3.22. The highest BCUT2D eigenvalue weighted by Gasteiger charge is 2.25. The van der Waals surface area contributed by atoms with Crippen molar-refractivity contribution in [1.29, 1.82) is 0 Å². The van der Waals surface area contributed by atoms with Gasteiger partial charge in [0.1, 0.15) is 0 Å². The van der Waals surface area contributed by atoms with E-state index in [1.165, 1.54) is 0 Å². The van der Waals surface area contributed by atoms with E-state index in [2.05, 4.69) is 5.32 Å². The normalized spacial score (nSPS) is 19.5. The van der Waals surface area contributed by atoms with Crippen molar-refractivity contribution in [3.63, 3.8) is 0 Å². The van der Waals surface area contributed by atoms with E-state index in [1.807, 2.05) is 19.1 Å². The van der Waals surface area contributed by atoms with E-state index in [-0.39, 0.29) is 6.03 Å². The van der Waals surface area contributed by atoms with Crippen molar-refractivity contribution in [1.82, 2.24) is 4.90 Å². The van der Waals surface area contributed by atoms with Crippen LogP contribution in [-0.4, -0.2) is 35.2 Å². The maximum Gasteiger partial charge on any atom is 0.321 e. The Morgan fingerprint density at radius 3 is 2.94 bits per heavy atom. The molecular weight excluding hydrogens is 240 g/mol. The number of rotatable bonds is 1. The van der Waals surface area contributed by atoms with Gasteiger partial charge in [-0.05, 0) is 25.0 Å². The number of hydrogen-bond acceptors (Lipinski definition) is 2. The highest BCUT2D eigenvalue weighted by atomic mass is 35.5. The molecule has 1 aliphatic rings. The molecule has 1 aliphatic heterocycles. The summed E-state index contributed by atoms with van der Waals surface area (Å²) in [5, 5.41) is 12.7. The van der Waals surface area contributed by atoms with E-state index in [1.54, 1.807) is 11.0 Å². The maximum atomic E-state index is 11.9. The molecule has 1 aromatic carbocycles. The predicted molar refractivity (Wildman–Crippen MR) is 67.4 cm³/mol. The molecule has 4 nitrogen and oxygen atoms in total. The van der Waals surface area contributed by atoms with Gasteiger partial charge >= 0.3 is 6.03 Å². The summed E-state index contributed by atoms with van der Waals surface area (Å²) in [5.74, 6) is 0. The Labute approximate surface area is 105 Å². The Morgan fingerprint density at radius 2 is 2.35 bits per heavy atom. The second-order valence-electron chi connectivity index (χ2n) is 4.25. The van der Waals surface area contributed by atoms with E-state index in [0.29, 0.717) is 30.2 Å². The summed E-state index contributed by atoms with van der Waals surface area (Å²) >= 11 is 6.03. The first-order valence-electron chi connectivity index (χ1n) is 5.57. The van der Waals surface area contributed by atoms with E-state index in [4.69, 9.17) is 11.6 Å². The first-order valence-corrected chi connectivity index (χ1v) is 5.95. The molecule has 0 aliphatic carbocycles. The zero-order valence-electron chi connectivity index (χ0n) is 9.61. The molecule has 5 heteroatoms. The van der Waals surface area contributed by atoms with Crippen LogP contribution in [0, 0.1) is 6.92 Å². The summed E-state index contributed by atoms with van der Waals surface area (Å²) in [6.45, 7) is 2.85. The molecule has 1 saturated heterocycles. The highest BCUT2D eigenvalue weighted by molar-refractivity contribution is 6.33. The van der Waals surface area contributed by atoms with E-state index < -0.39 is 6.10 Å². The Hall–Kier alpha value is -1.26. The van der Waals surface area contributed by atoms with Crippen LogP contribution in [0.5, 0.6) is 0 Å². The number of aliphatic hydroxyl groups excluding tert-OH is 1. The van der Waals surface area contributed by atoms with Crippen molar-refractivity contribution in [3.05, 3.63) is 28.8 Å². The zero-order chi connectivity index (χ0) is 12.4. The number of carbonyl (C=O) groups is 1. The molecule has 0 spiro atoms. The van der Waals surface area contributed by atoms with Crippen LogP contribution in [0.25, 0.3) is 0 Å². The van der Waals surface area contributed by atoms with Crippen LogP contribution in [0.2, 0.25) is 5.02 Å². The number of benzene rings is 1. The lowest BCUT2D eigenvalue weighted by Crippen LogP contribution is -2.33. The zero-order valence-corrected chi connectivity index (χ0v) is 10.4. The van der Waals surface area contributed by atoms with Crippen LogP contribution in [-0.2, 0) is 0 Å². The smallest absolute Gasteiger partial charge is 0.321 e. The average molecular weight is 255 g/mol. The number of nitrogens with one attached hydrogen (secondary N) is 1. The second kappa shape index (κ2) is 4.94. The second-order valence-corrected chi connectivity index (χ2v) is 4.66. The summed E-state index contributed by atoms with van der Waals surface area (Å²) in [4.78, 5) is 13.5. The summed E-state index contributed by atoms with van der Waals surface area (Å²) < 4.78 is 0. The van der Waals surface area contributed by atoms with Crippen molar-refractivity contribution >= 4 is 23.3 Å². The van der Waals surface area contributed by atoms with Crippen LogP contribution in [0.3, 0.4) is 0 Å². The van der Waals surface area contributed by atoms with Crippen LogP contribution in [0.4, 0.5) is 10.5 Å². The number of nitrogens with zero attached hydrogens (tertiary/aromatic N) is 1. The van der Waals surface area contributed by atoms with Crippen LogP contribution in [0.15, 0.2) is 18.2 Å². The van der Waals surface area contributed by atoms with Crippen molar-refractivity contribution in [2.75, 3.05) is 18.4 Å². The highest BCUT2D eigenvalue weighted by Crippen LogP contribution is 2.25. The Kier molecular flexibility index (Phi) is 3.54. The Balaban J connectivity index is 2.08. The molecule has 0 bridgehead atoms. The van der Waals surface area contributed by atoms with Crippen molar-refractivity contribution < 1.29 is 9.90 Å². The Morgan fingerprint density at radius 1 is 1.59 bits per heavy atom. The summed E-state index contributed by atoms with van der Waals surface area (Å²) in [6.07, 6.45) is 0.225. The molecule has 0 aromatic heterocycles. The largest absolute Gasteiger partial charge is 0.391 e. The van der Waals surface area contributed by atoms with Gasteiger partial charge in [0, 0.05) is 13.1 Å². The number of para-hydroxylation sites is 1. The van der Waals surface area contributed by atoms with E-state index in [0.717, 1.165) is 5.56 Å². The molecule has 1 heterocycles. The predicted octanol–water partition coefficient (Wildman–Crippen LogP) is 2.25. The van der Waals surface area contributed by atoms with Crippen LogP contribution >= 0.6 is 11.6 Å². The van der Waals surface area contributed by atoms with E-state index in [9.17, 15) is 9.90 Å². The lowest BCUT2D eigenvalue weighted by molar-refractivity contribution is 0.176. The fourth-order valence-electron chi connectivity index (χ4n) is 1.90. The molecule has 0 saturated carbocycles. The van der Waals surface area contributed by atoms with Gasteiger partial charge in [0.05, 0.1) is 16.8 Å². The van der Waals surface area contributed by atoms with Gasteiger partial charge in [-0.1, -0.05) is 23.7 Å². The number of aliphatic hydroxyl groups is 1. The minimum absolute atomic E-state index is 0.210. The number of β-amino-alcohol motifs (C(OH)–C–C–N with tert-alkyl or cyclic N) is 1. The van der Waals surface area contributed by atoms with Gasteiger partial charge < -0.3 is 15.3 Å². The number of hydrogen-bond donors (Lipinski definition) is 2. The number of anilines is 1. The van der Waals surface area contributed by atoms with Crippen molar-refractivity contribution in [2.45, 2.75) is 19.4 Å². The number of likely N-dealkylation sites (tertiary alicyclic amines) is 1. The lowest BCUT2D eigenvalue weighted by atomic mass is 10.2. The van der Waals surface area contributed by atoms with Gasteiger partial charge in [-0.3, -0.25) is 0 Å². The van der Waals surface area contributed by atoms with Gasteiger partial charge in [0.2, 0.25) is 0 Å². The fourth-order valence-corrected chi connectivity index (χ4v) is 2.17. The van der Waals surface area contributed by atoms with Gasteiger partial charge in [0.25, 0.3) is 0 Å². The van der Waals surface area contributed by atoms with Crippen LogP contribution in [0.1, 0.15) is 12.0 Å². The lowest BCUT2D eigenvalue weighted by Gasteiger charge is -2.18. The molecule has 92 valence electrons. The monoisotopic (exact) mass is 254 g/mol. The SMILES string of the molecule is Cc1cccc(Cl)c1NC(=O)N1CC[C@H](O)C1. The van der Waals surface area contributed by atoms with Crippen molar-refractivity contribution in [2.24, 2.45) is 0 Å². The number of carbonyl (C=O) groups excluding carboxylic acids is 1. The number of urea groups is 1. The van der Waals surface area contributed by atoms with Crippen molar-refractivity contribution in [3.8, 4) is 0 Å². The molecule has 1 aromatic rings. The third-order valence-electron chi connectivity index (χ3n) is 2.90. The average Bonchev–Trinajstić information content (AvgIpc) is 2.70. The summed E-state index contributed by atoms with van der Waals surface area (Å²) in [7, 11) is 0. The molecule has 0 radical (unpaired) electrons. The fraction of sp³-hybridized carbons (Fsp3) is 0.417. The maximum absolute atomic E-state index is 11.9. The molecule has 2 N–H and O–H groups in total. The molecule has 2 rings (SSSR count). The minimum Gasteiger partial charge on any atom is -0.391 e. The number of aryl methyl sites for hydroxylation is 1. The number of amides is 2. The third kappa shape index (κ3) is 2.70. The Bertz CT molecular complexity index is 416. The van der Waals surface area contributed by atoms with Gasteiger partial charge in [-0.15, -0.1) is 0 Å². The van der Waals surface area contributed by atoms with Gasteiger partial charge in [-0.25, -0.2) is 4.79 Å². The summed E-state index contributed by atoms with van der Waals surface area (Å²) in [5.41, 5.74) is 1.56. The van der Waals surface area contributed by atoms with Gasteiger partial charge in [-0.2, -0.15) is 0 Å². The first-order chi connectivity index (χ1) is 8.08. The molecule has 2 amide bonds. The topological polar surface area (TPSA) is 52.6 Å². The van der Waals surface area contributed by atoms with Crippen LogP contribution < -0.4 is 5.32 Å².